The summed E-state index contributed by atoms with van der Waals surface area (Å²) < 4.78 is 24.7. The Morgan fingerprint density at radius 3 is 2.65 bits per heavy atom. The first-order chi connectivity index (χ1) is 8.08. The van der Waals surface area contributed by atoms with Gasteiger partial charge in [0.1, 0.15) is 6.07 Å². The molecule has 1 aromatic carbocycles. The van der Waals surface area contributed by atoms with E-state index >= 15 is 0 Å². The third-order valence-corrected chi connectivity index (χ3v) is 2.25. The quantitative estimate of drug-likeness (QED) is 0.760. The lowest BCUT2D eigenvalue weighted by Crippen LogP contribution is -2.31. The van der Waals surface area contributed by atoms with E-state index in [2.05, 4.69) is 0 Å². The second-order valence-corrected chi connectivity index (χ2v) is 3.44. The molecule has 92 valence electrons. The van der Waals surface area contributed by atoms with Gasteiger partial charge in [-0.1, -0.05) is 0 Å². The van der Waals surface area contributed by atoms with Gasteiger partial charge in [-0.05, 0) is 18.2 Å². The smallest absolute Gasteiger partial charge is 0.255 e. The fourth-order valence-corrected chi connectivity index (χ4v) is 1.46. The van der Waals surface area contributed by atoms with Crippen LogP contribution in [0.5, 0.6) is 0 Å². The average Bonchev–Trinajstić information content (AvgIpc) is 2.28. The molecule has 6 heteroatoms. The van der Waals surface area contributed by atoms with Crippen LogP contribution in [0.25, 0.3) is 0 Å². The van der Waals surface area contributed by atoms with Gasteiger partial charge in [0.2, 0.25) is 0 Å². The molecule has 0 aliphatic carbocycles. The van der Waals surface area contributed by atoms with Crippen LogP contribution in [0.3, 0.4) is 0 Å². The van der Waals surface area contributed by atoms with Crippen molar-refractivity contribution in [3.05, 3.63) is 23.8 Å². The van der Waals surface area contributed by atoms with E-state index in [-0.39, 0.29) is 18.8 Å². The molecule has 0 bridgehead atoms. The summed E-state index contributed by atoms with van der Waals surface area (Å²) in [5.41, 5.74) is 6.60. The molecule has 0 aliphatic heterocycles. The first-order valence-corrected chi connectivity index (χ1v) is 5.02. The number of nitrogens with two attached hydrogens (primary N) is 1. The van der Waals surface area contributed by atoms with Gasteiger partial charge in [-0.25, -0.2) is 8.78 Å². The monoisotopic (exact) mass is 241 g/mol. The number of halogens is 2. The molecule has 0 spiro atoms. The van der Waals surface area contributed by atoms with Crippen molar-refractivity contribution in [1.29, 1.82) is 5.26 Å². The zero-order chi connectivity index (χ0) is 12.8. The molecule has 0 atom stereocenters. The van der Waals surface area contributed by atoms with Crippen LogP contribution in [0.1, 0.15) is 5.56 Å². The summed E-state index contributed by atoms with van der Waals surface area (Å²) >= 11 is 0. The largest absolute Gasteiger partial charge is 0.398 e. The highest BCUT2D eigenvalue weighted by Crippen LogP contribution is 2.21. The van der Waals surface area contributed by atoms with Gasteiger partial charge in [0.05, 0.1) is 24.4 Å². The van der Waals surface area contributed by atoms with Crippen molar-refractivity contribution in [2.75, 3.05) is 30.3 Å². The molecule has 4 nitrogen and oxygen atoms in total. The Morgan fingerprint density at radius 2 is 2.18 bits per heavy atom. The topological polar surface area (TPSA) is 73.3 Å². The molecule has 0 saturated heterocycles. The molecular weight excluding hydrogens is 228 g/mol. The Kier molecular flexibility index (Phi) is 4.67. The lowest BCUT2D eigenvalue weighted by molar-refractivity contribution is 0.153. The second-order valence-electron chi connectivity index (χ2n) is 3.44. The molecule has 0 heterocycles. The van der Waals surface area contributed by atoms with Crippen LogP contribution in [-0.4, -0.2) is 31.2 Å². The van der Waals surface area contributed by atoms with Crippen molar-refractivity contribution in [1.82, 2.24) is 0 Å². The SMILES string of the molecule is N#Cc1ccc(N(CCO)CC(F)F)cc1N. The highest BCUT2D eigenvalue weighted by atomic mass is 19.3. The maximum absolute atomic E-state index is 12.3. The van der Waals surface area contributed by atoms with Gasteiger partial charge in [-0.2, -0.15) is 5.26 Å². The maximum atomic E-state index is 12.3. The van der Waals surface area contributed by atoms with E-state index in [0.717, 1.165) is 0 Å². The predicted molar refractivity (Wildman–Crippen MR) is 60.9 cm³/mol. The van der Waals surface area contributed by atoms with Gasteiger partial charge in [-0.15, -0.1) is 0 Å². The summed E-state index contributed by atoms with van der Waals surface area (Å²) in [5, 5.41) is 17.5. The Morgan fingerprint density at radius 1 is 1.47 bits per heavy atom. The standard InChI is InChI=1S/C11H13F2N3O/c12-11(13)7-16(3-4-17)9-2-1-8(6-14)10(15)5-9/h1-2,5,11,17H,3-4,7,15H2. The van der Waals surface area contributed by atoms with Gasteiger partial charge < -0.3 is 15.7 Å². The van der Waals surface area contributed by atoms with Crippen molar-refractivity contribution >= 4 is 11.4 Å². The number of rotatable bonds is 5. The van der Waals surface area contributed by atoms with Crippen LogP contribution >= 0.6 is 0 Å². The minimum atomic E-state index is -2.50. The number of aliphatic hydroxyl groups excluding tert-OH is 1. The summed E-state index contributed by atoms with van der Waals surface area (Å²) in [5.74, 6) is 0. The number of benzene rings is 1. The van der Waals surface area contributed by atoms with E-state index in [1.54, 1.807) is 0 Å². The number of alkyl halides is 2. The lowest BCUT2D eigenvalue weighted by atomic mass is 10.1. The van der Waals surface area contributed by atoms with Gasteiger partial charge in [0.25, 0.3) is 6.43 Å². The van der Waals surface area contributed by atoms with E-state index in [9.17, 15) is 8.78 Å². The molecule has 0 unspecified atom stereocenters. The molecule has 0 aromatic heterocycles. The summed E-state index contributed by atoms with van der Waals surface area (Å²) in [4.78, 5) is 1.32. The number of hydrogen-bond donors (Lipinski definition) is 2. The van der Waals surface area contributed by atoms with Crippen LogP contribution in [0, 0.1) is 11.3 Å². The summed E-state index contributed by atoms with van der Waals surface area (Å²) in [7, 11) is 0. The van der Waals surface area contributed by atoms with Crippen molar-refractivity contribution in [3.63, 3.8) is 0 Å². The van der Waals surface area contributed by atoms with Crippen LogP contribution in [0.4, 0.5) is 20.2 Å². The predicted octanol–water partition coefficient (Wildman–Crippen LogP) is 1.20. The molecule has 0 radical (unpaired) electrons. The number of hydrogen-bond acceptors (Lipinski definition) is 4. The van der Waals surface area contributed by atoms with Crippen molar-refractivity contribution in [3.8, 4) is 6.07 Å². The minimum Gasteiger partial charge on any atom is -0.398 e. The first-order valence-electron chi connectivity index (χ1n) is 5.02. The fourth-order valence-electron chi connectivity index (χ4n) is 1.46. The third kappa shape index (κ3) is 3.57. The van der Waals surface area contributed by atoms with E-state index in [1.165, 1.54) is 23.1 Å². The number of aliphatic hydroxyl groups is 1. The number of nitrogens with zero attached hydrogens (tertiary/aromatic N) is 2. The molecule has 0 aliphatic rings. The van der Waals surface area contributed by atoms with Gasteiger partial charge in [0, 0.05) is 12.2 Å². The molecule has 0 amide bonds. The zero-order valence-corrected chi connectivity index (χ0v) is 9.11. The van der Waals surface area contributed by atoms with E-state index < -0.39 is 13.0 Å². The van der Waals surface area contributed by atoms with Crippen LogP contribution < -0.4 is 10.6 Å². The van der Waals surface area contributed by atoms with E-state index in [4.69, 9.17) is 16.1 Å². The fraction of sp³-hybridized carbons (Fsp3) is 0.364. The van der Waals surface area contributed by atoms with Crippen LogP contribution in [-0.2, 0) is 0 Å². The molecule has 0 saturated carbocycles. The minimum absolute atomic E-state index is 0.0929. The van der Waals surface area contributed by atoms with E-state index in [1.807, 2.05) is 6.07 Å². The Balaban J connectivity index is 2.94. The van der Waals surface area contributed by atoms with Gasteiger partial charge >= 0.3 is 0 Å². The van der Waals surface area contributed by atoms with Gasteiger partial charge in [0.15, 0.2) is 0 Å². The normalized spacial score (nSPS) is 10.3. The first kappa shape index (κ1) is 13.2. The molecule has 17 heavy (non-hydrogen) atoms. The zero-order valence-electron chi connectivity index (χ0n) is 9.11. The summed E-state index contributed by atoms with van der Waals surface area (Å²) in [6.07, 6.45) is -2.50. The summed E-state index contributed by atoms with van der Waals surface area (Å²) in [6, 6.07) is 6.36. The molecule has 1 aromatic rings. The van der Waals surface area contributed by atoms with Crippen LogP contribution in [0.2, 0.25) is 0 Å². The van der Waals surface area contributed by atoms with Gasteiger partial charge in [-0.3, -0.25) is 0 Å². The molecular formula is C11H13F2N3O. The second kappa shape index (κ2) is 6.01. The number of nitrogen functional groups attached to an aromatic ring is 1. The van der Waals surface area contributed by atoms with E-state index in [0.29, 0.717) is 11.3 Å². The maximum Gasteiger partial charge on any atom is 0.255 e. The average molecular weight is 241 g/mol. The van der Waals surface area contributed by atoms with Crippen molar-refractivity contribution < 1.29 is 13.9 Å². The van der Waals surface area contributed by atoms with Crippen LogP contribution in [0.15, 0.2) is 18.2 Å². The highest BCUT2D eigenvalue weighted by molar-refractivity contribution is 5.63. The third-order valence-electron chi connectivity index (χ3n) is 2.25. The number of anilines is 2. The Labute approximate surface area is 97.9 Å². The number of nitriles is 1. The molecule has 0 fully saturated rings. The van der Waals surface area contributed by atoms with Crippen molar-refractivity contribution in [2.24, 2.45) is 0 Å². The Bertz CT molecular complexity index is 418. The Hall–Kier alpha value is -1.87. The summed E-state index contributed by atoms with van der Waals surface area (Å²) in [6.45, 7) is -0.617. The molecule has 3 N–H and O–H groups in total. The van der Waals surface area contributed by atoms with Crippen molar-refractivity contribution in [2.45, 2.75) is 6.43 Å². The highest BCUT2D eigenvalue weighted by Gasteiger charge is 2.13. The molecule has 1 rings (SSSR count). The lowest BCUT2D eigenvalue weighted by Gasteiger charge is -2.23.